The predicted octanol–water partition coefficient (Wildman–Crippen LogP) is 4.28. The molecule has 0 saturated heterocycles. The molecule has 1 heterocycles. The number of rotatable bonds is 8. The maximum Gasteiger partial charge on any atom is 0.161 e. The largest absolute Gasteiger partial charge is 0.493 e. The van der Waals surface area contributed by atoms with Crippen molar-refractivity contribution in [1.29, 1.82) is 0 Å². The summed E-state index contributed by atoms with van der Waals surface area (Å²) in [6, 6.07) is 5.88. The second kappa shape index (κ2) is 8.39. The Kier molecular flexibility index (Phi) is 5.96. The van der Waals surface area contributed by atoms with Gasteiger partial charge < -0.3 is 14.4 Å². The van der Waals surface area contributed by atoms with Crippen LogP contribution < -0.4 is 14.4 Å². The minimum absolute atomic E-state index is 0.703. The molecule has 0 saturated carbocycles. The van der Waals surface area contributed by atoms with Gasteiger partial charge in [-0.2, -0.15) is 0 Å². The third-order valence-electron chi connectivity index (χ3n) is 4.84. The fourth-order valence-electron chi connectivity index (χ4n) is 3.64. The molecule has 1 aromatic carbocycles. The van der Waals surface area contributed by atoms with E-state index in [1.54, 1.807) is 14.2 Å². The summed E-state index contributed by atoms with van der Waals surface area (Å²) in [7, 11) is 3.30. The lowest BCUT2D eigenvalue weighted by Gasteiger charge is -2.25. The highest BCUT2D eigenvalue weighted by Crippen LogP contribution is 2.35. The number of aryl methyl sites for hydroxylation is 1. The molecule has 0 fully saturated rings. The predicted molar refractivity (Wildman–Crippen MR) is 105 cm³/mol. The van der Waals surface area contributed by atoms with E-state index >= 15 is 0 Å². The van der Waals surface area contributed by atoms with E-state index in [1.165, 1.54) is 17.7 Å². The second-order valence-electron chi connectivity index (χ2n) is 6.71. The van der Waals surface area contributed by atoms with Crippen molar-refractivity contribution >= 4 is 5.82 Å². The molecule has 1 aliphatic rings. The first-order chi connectivity index (χ1) is 12.7. The number of ether oxygens (including phenoxy) is 2. The smallest absolute Gasteiger partial charge is 0.161 e. The van der Waals surface area contributed by atoms with Crippen molar-refractivity contribution in [2.45, 2.75) is 46.0 Å². The molecule has 1 aromatic heterocycles. The second-order valence-corrected chi connectivity index (χ2v) is 6.71. The molecule has 0 aliphatic heterocycles. The Hall–Kier alpha value is -2.30. The Morgan fingerprint density at radius 1 is 0.962 bits per heavy atom. The third kappa shape index (κ3) is 3.62. The fourth-order valence-corrected chi connectivity index (χ4v) is 3.64. The minimum atomic E-state index is 0.703. The van der Waals surface area contributed by atoms with Crippen molar-refractivity contribution in [2.75, 3.05) is 32.2 Å². The summed E-state index contributed by atoms with van der Waals surface area (Å²) in [4.78, 5) is 12.3. The molecule has 2 aromatic rings. The van der Waals surface area contributed by atoms with Crippen LogP contribution in [0, 0.1) is 0 Å². The van der Waals surface area contributed by atoms with Crippen molar-refractivity contribution in [1.82, 2.24) is 9.97 Å². The monoisotopic (exact) mass is 355 g/mol. The average molecular weight is 355 g/mol. The van der Waals surface area contributed by atoms with Gasteiger partial charge in [-0.15, -0.1) is 0 Å². The molecule has 26 heavy (non-hydrogen) atoms. The summed E-state index contributed by atoms with van der Waals surface area (Å²) < 4.78 is 10.8. The summed E-state index contributed by atoms with van der Waals surface area (Å²) >= 11 is 0. The zero-order valence-corrected chi connectivity index (χ0v) is 16.3. The molecular weight excluding hydrogens is 326 g/mol. The zero-order valence-electron chi connectivity index (χ0n) is 16.3. The maximum atomic E-state index is 5.45. The normalized spacial score (nSPS) is 12.8. The zero-order chi connectivity index (χ0) is 18.5. The van der Waals surface area contributed by atoms with E-state index in [0.29, 0.717) is 5.75 Å². The van der Waals surface area contributed by atoms with Gasteiger partial charge in [-0.25, -0.2) is 9.97 Å². The molecule has 0 bridgehead atoms. The minimum Gasteiger partial charge on any atom is -0.493 e. The molecule has 1 aliphatic carbocycles. The van der Waals surface area contributed by atoms with Crippen LogP contribution in [0.4, 0.5) is 5.82 Å². The topological polar surface area (TPSA) is 47.5 Å². The van der Waals surface area contributed by atoms with Crippen LogP contribution in [0.25, 0.3) is 11.4 Å². The summed E-state index contributed by atoms with van der Waals surface area (Å²) in [6.07, 6.45) is 5.52. The van der Waals surface area contributed by atoms with E-state index < -0.39 is 0 Å². The Balaban J connectivity index is 2.07. The first-order valence-electron chi connectivity index (χ1n) is 9.58. The average Bonchev–Trinajstić information content (AvgIpc) is 3.15. The number of methoxy groups -OCH3 is 2. The van der Waals surface area contributed by atoms with Gasteiger partial charge in [-0.3, -0.25) is 0 Å². The van der Waals surface area contributed by atoms with Gasteiger partial charge in [0.05, 0.1) is 14.2 Å². The summed E-state index contributed by atoms with van der Waals surface area (Å²) in [6.45, 7) is 6.50. The van der Waals surface area contributed by atoms with Gasteiger partial charge in [0.1, 0.15) is 5.82 Å². The third-order valence-corrected chi connectivity index (χ3v) is 4.84. The standard InChI is InChI=1S/C21H29N3O2/c1-5-12-24(13-6-2)21-16-8-7-9-17(16)22-20(23-21)15-10-11-18(25-3)19(14-15)26-4/h10-11,14H,5-9,12-13H2,1-4H3. The van der Waals surface area contributed by atoms with Gasteiger partial charge in [-0.05, 0) is 50.3 Å². The first kappa shape index (κ1) is 18.5. The van der Waals surface area contributed by atoms with Crippen LogP contribution in [-0.4, -0.2) is 37.3 Å². The summed E-state index contributed by atoms with van der Waals surface area (Å²) in [5.74, 6) is 3.32. The highest BCUT2D eigenvalue weighted by Gasteiger charge is 2.23. The molecule has 140 valence electrons. The van der Waals surface area contributed by atoms with Crippen LogP contribution >= 0.6 is 0 Å². The van der Waals surface area contributed by atoms with Crippen LogP contribution in [0.1, 0.15) is 44.4 Å². The number of hydrogen-bond donors (Lipinski definition) is 0. The quantitative estimate of drug-likeness (QED) is 0.707. The molecule has 5 heteroatoms. The molecule has 0 amide bonds. The van der Waals surface area contributed by atoms with Crippen LogP contribution in [0.3, 0.4) is 0 Å². The number of aromatic nitrogens is 2. The lowest BCUT2D eigenvalue weighted by Crippen LogP contribution is -2.27. The van der Waals surface area contributed by atoms with Crippen molar-refractivity contribution in [3.8, 4) is 22.9 Å². The Bertz CT molecular complexity index is 755. The van der Waals surface area contributed by atoms with Gasteiger partial charge >= 0.3 is 0 Å². The van der Waals surface area contributed by atoms with E-state index in [0.717, 1.165) is 61.7 Å². The van der Waals surface area contributed by atoms with Crippen LogP contribution in [0.5, 0.6) is 11.5 Å². The Morgan fingerprint density at radius 3 is 2.35 bits per heavy atom. The van der Waals surface area contributed by atoms with Crippen LogP contribution in [0.15, 0.2) is 18.2 Å². The van der Waals surface area contributed by atoms with E-state index in [9.17, 15) is 0 Å². The van der Waals surface area contributed by atoms with Crippen LogP contribution in [-0.2, 0) is 12.8 Å². The molecule has 0 N–H and O–H groups in total. The van der Waals surface area contributed by atoms with Gasteiger partial charge in [-0.1, -0.05) is 13.8 Å². The highest BCUT2D eigenvalue weighted by atomic mass is 16.5. The van der Waals surface area contributed by atoms with Crippen molar-refractivity contribution in [3.05, 3.63) is 29.5 Å². The SMILES string of the molecule is CCCN(CCC)c1nc(-c2ccc(OC)c(OC)c2)nc2c1CCC2. The number of hydrogen-bond acceptors (Lipinski definition) is 5. The van der Waals surface area contributed by atoms with Crippen molar-refractivity contribution in [2.24, 2.45) is 0 Å². The van der Waals surface area contributed by atoms with Gasteiger partial charge in [0.25, 0.3) is 0 Å². The fraction of sp³-hybridized carbons (Fsp3) is 0.524. The number of benzene rings is 1. The van der Waals surface area contributed by atoms with E-state index in [1.807, 2.05) is 18.2 Å². The summed E-state index contributed by atoms with van der Waals surface area (Å²) in [5, 5.41) is 0. The number of anilines is 1. The molecule has 3 rings (SSSR count). The molecule has 0 atom stereocenters. The highest BCUT2D eigenvalue weighted by molar-refractivity contribution is 5.65. The van der Waals surface area contributed by atoms with Gasteiger partial charge in [0, 0.05) is 29.9 Å². The van der Waals surface area contributed by atoms with E-state index in [4.69, 9.17) is 19.4 Å². The molecule has 0 unspecified atom stereocenters. The first-order valence-corrected chi connectivity index (χ1v) is 9.58. The molecule has 5 nitrogen and oxygen atoms in total. The molecular formula is C21H29N3O2. The maximum absolute atomic E-state index is 5.45. The molecule has 0 spiro atoms. The number of fused-ring (bicyclic) bond motifs is 1. The number of nitrogens with zero attached hydrogens (tertiary/aromatic N) is 3. The van der Waals surface area contributed by atoms with Gasteiger partial charge in [0.2, 0.25) is 0 Å². The summed E-state index contributed by atoms with van der Waals surface area (Å²) in [5.41, 5.74) is 3.51. The van der Waals surface area contributed by atoms with E-state index in [-0.39, 0.29) is 0 Å². The van der Waals surface area contributed by atoms with Crippen molar-refractivity contribution < 1.29 is 9.47 Å². The lowest BCUT2D eigenvalue weighted by molar-refractivity contribution is 0.355. The van der Waals surface area contributed by atoms with Gasteiger partial charge in [0.15, 0.2) is 17.3 Å². The molecule has 0 radical (unpaired) electrons. The van der Waals surface area contributed by atoms with Crippen molar-refractivity contribution in [3.63, 3.8) is 0 Å². The Morgan fingerprint density at radius 2 is 1.69 bits per heavy atom. The van der Waals surface area contributed by atoms with E-state index in [2.05, 4.69) is 18.7 Å². The lowest BCUT2D eigenvalue weighted by atomic mass is 10.1. The van der Waals surface area contributed by atoms with Crippen LogP contribution in [0.2, 0.25) is 0 Å². The Labute approximate surface area is 156 Å².